The first-order chi connectivity index (χ1) is 15.7. The van der Waals surface area contributed by atoms with Gasteiger partial charge in [-0.05, 0) is 44.9 Å². The molecule has 0 atom stereocenters. The van der Waals surface area contributed by atoms with Crippen molar-refractivity contribution in [2.45, 2.75) is 105 Å². The lowest BCUT2D eigenvalue weighted by Gasteiger charge is -2.31. The molecule has 2 aromatic carbocycles. The largest absolute Gasteiger partial charge is 0.505 e. The normalized spacial score (nSPS) is 15.8. The number of benzene rings is 2. The predicted molar refractivity (Wildman–Crippen MR) is 151 cm³/mol. The van der Waals surface area contributed by atoms with Gasteiger partial charge in [0.1, 0.15) is 11.5 Å². The van der Waals surface area contributed by atoms with Gasteiger partial charge in [0.15, 0.2) is 0 Å². The van der Waals surface area contributed by atoms with E-state index in [1.807, 2.05) is 0 Å². The minimum atomic E-state index is -0.166. The second-order valence-corrected chi connectivity index (χ2v) is 14.5. The Hall–Kier alpha value is -2.36. The van der Waals surface area contributed by atoms with Crippen LogP contribution in [0.3, 0.4) is 0 Å². The van der Waals surface area contributed by atoms with Crippen LogP contribution in [0.25, 0.3) is 0 Å². The number of anilines is 2. The maximum Gasteiger partial charge on any atom is 0.142 e. The van der Waals surface area contributed by atoms with E-state index in [1.54, 1.807) is 0 Å². The third-order valence-electron chi connectivity index (χ3n) is 7.19. The topological polar surface area (TPSA) is 46.9 Å². The summed E-state index contributed by atoms with van der Waals surface area (Å²) in [5.74, 6) is 0.741. The average molecular weight is 481 g/mol. The van der Waals surface area contributed by atoms with E-state index < -0.39 is 0 Å². The molecule has 0 radical (unpaired) electrons. The molecule has 35 heavy (non-hydrogen) atoms. The summed E-state index contributed by atoms with van der Waals surface area (Å²) >= 11 is 0. The highest BCUT2D eigenvalue weighted by atomic mass is 16.3. The van der Waals surface area contributed by atoms with Gasteiger partial charge in [-0.1, -0.05) is 95.2 Å². The fraction of sp³-hybridized carbons (Fsp3) is 0.613. The Morgan fingerprint density at radius 3 is 1.09 bits per heavy atom. The van der Waals surface area contributed by atoms with Gasteiger partial charge in [-0.2, -0.15) is 0 Å². The van der Waals surface area contributed by atoms with Crippen molar-refractivity contribution >= 4 is 11.4 Å². The molecule has 2 N–H and O–H groups in total. The zero-order chi connectivity index (χ0) is 26.7. The fourth-order valence-electron chi connectivity index (χ4n) is 4.71. The van der Waals surface area contributed by atoms with E-state index >= 15 is 0 Å². The van der Waals surface area contributed by atoms with Crippen molar-refractivity contribution < 1.29 is 10.2 Å². The Kier molecular flexibility index (Phi) is 6.72. The highest BCUT2D eigenvalue weighted by Gasteiger charge is 2.32. The van der Waals surface area contributed by atoms with Gasteiger partial charge in [0.05, 0.1) is 18.0 Å². The molecule has 1 fully saturated rings. The molecule has 0 aliphatic carbocycles. The zero-order valence-corrected chi connectivity index (χ0v) is 24.2. The van der Waals surface area contributed by atoms with E-state index in [0.29, 0.717) is 18.2 Å². The lowest BCUT2D eigenvalue weighted by atomic mass is 9.79. The molecule has 0 bridgehead atoms. The Morgan fingerprint density at radius 2 is 0.829 bits per heavy atom. The van der Waals surface area contributed by atoms with E-state index in [1.165, 1.54) is 11.1 Å². The Balaban J connectivity index is 2.09. The number of nitrogens with zero attached hydrogens (tertiary/aromatic N) is 2. The molecule has 0 saturated carbocycles. The van der Waals surface area contributed by atoms with Crippen LogP contribution in [0.2, 0.25) is 0 Å². The average Bonchev–Trinajstić information content (AvgIpc) is 3.14. The number of aromatic hydroxyl groups is 2. The van der Waals surface area contributed by atoms with Crippen LogP contribution in [0.5, 0.6) is 11.5 Å². The summed E-state index contributed by atoms with van der Waals surface area (Å²) in [6.45, 7) is 28.4. The molecular weight excluding hydrogens is 432 g/mol. The van der Waals surface area contributed by atoms with Crippen molar-refractivity contribution in [3.05, 3.63) is 46.5 Å². The van der Waals surface area contributed by atoms with E-state index in [2.05, 4.69) is 117 Å². The van der Waals surface area contributed by atoms with Gasteiger partial charge in [0.2, 0.25) is 0 Å². The van der Waals surface area contributed by atoms with Gasteiger partial charge in [-0.15, -0.1) is 0 Å². The molecule has 0 amide bonds. The van der Waals surface area contributed by atoms with Crippen molar-refractivity contribution in [2.24, 2.45) is 0 Å². The molecule has 1 aliphatic heterocycles. The first-order valence-corrected chi connectivity index (χ1v) is 13.0. The molecule has 0 unspecified atom stereocenters. The summed E-state index contributed by atoms with van der Waals surface area (Å²) in [7, 11) is 0. The number of phenols is 2. The van der Waals surface area contributed by atoms with Gasteiger partial charge in [-0.25, -0.2) is 0 Å². The third-order valence-corrected chi connectivity index (χ3v) is 7.19. The monoisotopic (exact) mass is 480 g/mol. The van der Waals surface area contributed by atoms with Gasteiger partial charge in [0.25, 0.3) is 0 Å². The molecule has 2 aromatic rings. The van der Waals surface area contributed by atoms with Gasteiger partial charge < -0.3 is 20.0 Å². The number of hydrogen-bond acceptors (Lipinski definition) is 4. The van der Waals surface area contributed by atoms with Crippen LogP contribution in [-0.2, 0) is 21.7 Å². The Bertz CT molecular complexity index is 1000. The highest BCUT2D eigenvalue weighted by Crippen LogP contribution is 2.45. The lowest BCUT2D eigenvalue weighted by Crippen LogP contribution is -2.27. The van der Waals surface area contributed by atoms with Gasteiger partial charge in [-0.3, -0.25) is 0 Å². The molecule has 1 heterocycles. The first-order valence-electron chi connectivity index (χ1n) is 13.0. The quantitative estimate of drug-likeness (QED) is 0.465. The molecule has 194 valence electrons. The second-order valence-electron chi connectivity index (χ2n) is 14.5. The van der Waals surface area contributed by atoms with E-state index in [-0.39, 0.29) is 21.7 Å². The van der Waals surface area contributed by atoms with Crippen LogP contribution in [0.4, 0.5) is 11.4 Å². The summed E-state index contributed by atoms with van der Waals surface area (Å²) in [6, 6.07) is 8.64. The van der Waals surface area contributed by atoms with Crippen LogP contribution >= 0.6 is 0 Å². The van der Waals surface area contributed by atoms with Crippen LogP contribution < -0.4 is 9.80 Å². The lowest BCUT2D eigenvalue weighted by molar-refractivity contribution is 0.444. The molecule has 1 saturated heterocycles. The van der Waals surface area contributed by atoms with E-state index in [4.69, 9.17) is 0 Å². The molecule has 1 aliphatic rings. The third kappa shape index (κ3) is 5.57. The first kappa shape index (κ1) is 27.2. The van der Waals surface area contributed by atoms with Crippen LogP contribution in [0, 0.1) is 0 Å². The van der Waals surface area contributed by atoms with Crippen LogP contribution in [-0.4, -0.2) is 30.0 Å². The summed E-state index contributed by atoms with van der Waals surface area (Å²) in [4.78, 5) is 4.50. The van der Waals surface area contributed by atoms with Crippen molar-refractivity contribution in [1.29, 1.82) is 0 Å². The van der Waals surface area contributed by atoms with Crippen molar-refractivity contribution in [2.75, 3.05) is 29.6 Å². The second kappa shape index (κ2) is 8.64. The summed E-state index contributed by atoms with van der Waals surface area (Å²) < 4.78 is 0. The molecular formula is C31H48N2O2. The Morgan fingerprint density at radius 1 is 0.514 bits per heavy atom. The van der Waals surface area contributed by atoms with Crippen LogP contribution in [0.15, 0.2) is 24.3 Å². The van der Waals surface area contributed by atoms with Crippen LogP contribution in [0.1, 0.15) is 105 Å². The molecule has 4 nitrogen and oxygen atoms in total. The maximum atomic E-state index is 11.4. The SMILES string of the molecule is CC(C)(C)c1cc(N2CCN(c3cc(C(C)(C)C)cc(C(C)(C)C)c3O)C2)c(O)c(C(C)(C)C)c1. The predicted octanol–water partition coefficient (Wildman–Crippen LogP) is 7.57. The highest BCUT2D eigenvalue weighted by molar-refractivity contribution is 5.70. The van der Waals surface area contributed by atoms with Crippen molar-refractivity contribution in [3.8, 4) is 11.5 Å². The summed E-state index contributed by atoms with van der Waals surface area (Å²) in [5, 5.41) is 22.8. The van der Waals surface area contributed by atoms with E-state index in [9.17, 15) is 10.2 Å². The molecule has 3 rings (SSSR count). The number of hydrogen-bond donors (Lipinski definition) is 2. The zero-order valence-electron chi connectivity index (χ0n) is 24.2. The van der Waals surface area contributed by atoms with Gasteiger partial charge in [0, 0.05) is 24.2 Å². The molecule has 0 aromatic heterocycles. The Labute approximate surface area is 214 Å². The minimum absolute atomic E-state index is 0.0250. The molecule has 4 heteroatoms. The van der Waals surface area contributed by atoms with Crippen molar-refractivity contribution in [1.82, 2.24) is 0 Å². The smallest absolute Gasteiger partial charge is 0.142 e. The number of phenolic OH excluding ortho intramolecular Hbond substituents is 2. The van der Waals surface area contributed by atoms with E-state index in [0.717, 1.165) is 35.6 Å². The van der Waals surface area contributed by atoms with Gasteiger partial charge >= 0.3 is 0 Å². The fourth-order valence-corrected chi connectivity index (χ4v) is 4.71. The summed E-state index contributed by atoms with van der Waals surface area (Å²) in [6.07, 6.45) is 0. The molecule has 0 spiro atoms. The minimum Gasteiger partial charge on any atom is -0.505 e. The standard InChI is InChI=1S/C31H48N2O2/c1-28(2,3)20-15-22(30(7,8)9)26(34)24(17-20)32-13-14-33(19-32)25-18-21(29(4,5)6)16-23(27(25)35)31(10,11)12/h15-18,34-35H,13-14,19H2,1-12H3. The maximum absolute atomic E-state index is 11.4. The van der Waals surface area contributed by atoms with Crippen molar-refractivity contribution in [3.63, 3.8) is 0 Å². The number of rotatable bonds is 2. The summed E-state index contributed by atoms with van der Waals surface area (Å²) in [5.41, 5.74) is 5.78.